The van der Waals surface area contributed by atoms with Gasteiger partial charge < -0.3 is 5.32 Å². The number of nitrogens with zero attached hydrogens (tertiary/aromatic N) is 2. The maximum absolute atomic E-state index is 12.5. The number of anilines is 1. The van der Waals surface area contributed by atoms with Gasteiger partial charge in [0.15, 0.2) is 5.78 Å². The molecule has 2 heterocycles. The summed E-state index contributed by atoms with van der Waals surface area (Å²) in [7, 11) is 0. The Morgan fingerprint density at radius 3 is 2.67 bits per heavy atom. The van der Waals surface area contributed by atoms with Crippen LogP contribution in [0.3, 0.4) is 0 Å². The predicted octanol–water partition coefficient (Wildman–Crippen LogP) is 5.60. The number of hydrogen-bond acceptors (Lipinski definition) is 6. The van der Waals surface area contributed by atoms with Crippen molar-refractivity contribution in [3.8, 4) is 11.1 Å². The van der Waals surface area contributed by atoms with Crippen LogP contribution in [0.2, 0.25) is 0 Å². The number of Topliss-reactive ketones (excluding diaryl/α,β-unsaturated/α-hetero) is 1. The second-order valence-electron chi connectivity index (χ2n) is 6.85. The summed E-state index contributed by atoms with van der Waals surface area (Å²) in [4.78, 5) is 33.7. The van der Waals surface area contributed by atoms with Crippen molar-refractivity contribution in [1.82, 2.24) is 9.97 Å². The van der Waals surface area contributed by atoms with Crippen molar-refractivity contribution >= 4 is 50.7 Å². The molecule has 1 N–H and O–H groups in total. The number of amides is 1. The highest BCUT2D eigenvalue weighted by atomic mass is 32.2. The summed E-state index contributed by atoms with van der Waals surface area (Å²) in [6, 6.07) is 15.3. The molecule has 0 saturated heterocycles. The molecule has 0 atom stereocenters. The van der Waals surface area contributed by atoms with Gasteiger partial charge in [0.25, 0.3) is 0 Å². The predicted molar refractivity (Wildman–Crippen MR) is 123 cm³/mol. The summed E-state index contributed by atoms with van der Waals surface area (Å²) in [5.74, 6) is 0.0177. The van der Waals surface area contributed by atoms with Crippen molar-refractivity contribution in [1.29, 1.82) is 0 Å². The topological polar surface area (TPSA) is 72.0 Å². The summed E-state index contributed by atoms with van der Waals surface area (Å²) in [5, 5.41) is 6.69. The summed E-state index contributed by atoms with van der Waals surface area (Å²) in [5.41, 5.74) is 4.56. The number of aromatic nitrogens is 2. The molecular weight excluding hydrogens is 414 g/mol. The molecule has 4 rings (SSSR count). The third-order valence-electron chi connectivity index (χ3n) is 4.59. The maximum Gasteiger partial charge on any atom is 0.234 e. The highest BCUT2D eigenvalue weighted by Gasteiger charge is 2.15. The minimum atomic E-state index is -0.153. The van der Waals surface area contributed by atoms with E-state index in [9.17, 15) is 9.59 Å². The second kappa shape index (κ2) is 8.77. The quantitative estimate of drug-likeness (QED) is 0.243. The van der Waals surface area contributed by atoms with Crippen LogP contribution in [0.25, 0.3) is 21.3 Å². The molecule has 2 aromatic heterocycles. The van der Waals surface area contributed by atoms with Gasteiger partial charge in [-0.3, -0.25) is 9.59 Å². The molecule has 1 amide bonds. The van der Waals surface area contributed by atoms with E-state index >= 15 is 0 Å². The third kappa shape index (κ3) is 4.42. The molecule has 0 spiro atoms. The smallest absolute Gasteiger partial charge is 0.234 e. The molecule has 4 aromatic rings. The van der Waals surface area contributed by atoms with Crippen molar-refractivity contribution in [3.63, 3.8) is 0 Å². The summed E-state index contributed by atoms with van der Waals surface area (Å²) in [6.07, 6.45) is 1.54. The molecule has 0 fully saturated rings. The minimum absolute atomic E-state index is 0.0371. The number of fused-ring (bicyclic) bond motifs is 1. The lowest BCUT2D eigenvalue weighted by Gasteiger charge is -2.08. The average Bonchev–Trinajstić information content (AvgIpc) is 3.18. The molecule has 5 nitrogen and oxygen atoms in total. The first-order valence-corrected chi connectivity index (χ1v) is 11.2. The largest absolute Gasteiger partial charge is 0.325 e. The molecule has 0 bridgehead atoms. The van der Waals surface area contributed by atoms with Crippen molar-refractivity contribution in [3.05, 3.63) is 71.4 Å². The highest BCUT2D eigenvalue weighted by Crippen LogP contribution is 2.37. The molecule has 2 aromatic carbocycles. The lowest BCUT2D eigenvalue weighted by Crippen LogP contribution is -2.14. The molecule has 150 valence electrons. The van der Waals surface area contributed by atoms with E-state index in [4.69, 9.17) is 0 Å². The standard InChI is InChI=1S/C23H19N3O2S2/c1-14-6-8-16(9-7-14)19-11-29-22-21(19)23(25-13-24-22)30-12-20(28)26-18-5-3-4-17(10-18)15(2)27/h3-11,13H,12H2,1-2H3,(H,26,28). The van der Waals surface area contributed by atoms with E-state index in [-0.39, 0.29) is 17.4 Å². The summed E-state index contributed by atoms with van der Waals surface area (Å²) in [6.45, 7) is 3.56. The van der Waals surface area contributed by atoms with Gasteiger partial charge in [-0.15, -0.1) is 11.3 Å². The Hall–Kier alpha value is -3.03. The first-order chi connectivity index (χ1) is 14.5. The fraction of sp³-hybridized carbons (Fsp3) is 0.130. The molecule has 0 saturated carbocycles. The third-order valence-corrected chi connectivity index (χ3v) is 6.47. The van der Waals surface area contributed by atoms with Gasteiger partial charge in [0, 0.05) is 22.2 Å². The fourth-order valence-electron chi connectivity index (χ4n) is 3.05. The molecule has 0 unspecified atom stereocenters. The molecule has 0 aliphatic carbocycles. The Balaban J connectivity index is 1.53. The van der Waals surface area contributed by atoms with Gasteiger partial charge in [0.05, 0.1) is 11.1 Å². The zero-order valence-electron chi connectivity index (χ0n) is 16.5. The Kier molecular flexibility index (Phi) is 5.92. The number of carbonyl (C=O) groups is 2. The van der Waals surface area contributed by atoms with E-state index < -0.39 is 0 Å². The first-order valence-electron chi connectivity index (χ1n) is 9.34. The monoisotopic (exact) mass is 433 g/mol. The normalized spacial score (nSPS) is 10.9. The first kappa shape index (κ1) is 20.3. The van der Waals surface area contributed by atoms with Crippen LogP contribution in [0.15, 0.2) is 65.3 Å². The van der Waals surface area contributed by atoms with Gasteiger partial charge in [0.2, 0.25) is 5.91 Å². The number of rotatable bonds is 6. The van der Waals surface area contributed by atoms with Crippen molar-refractivity contribution < 1.29 is 9.59 Å². The van der Waals surface area contributed by atoms with E-state index in [1.165, 1.54) is 30.6 Å². The zero-order valence-corrected chi connectivity index (χ0v) is 18.1. The van der Waals surface area contributed by atoms with Crippen LogP contribution in [0.4, 0.5) is 5.69 Å². The van der Waals surface area contributed by atoms with E-state index in [1.807, 2.05) is 0 Å². The van der Waals surface area contributed by atoms with E-state index in [1.54, 1.807) is 35.6 Å². The van der Waals surface area contributed by atoms with Gasteiger partial charge in [0.1, 0.15) is 16.2 Å². The van der Waals surface area contributed by atoms with Crippen LogP contribution in [0, 0.1) is 6.92 Å². The number of thioether (sulfide) groups is 1. The van der Waals surface area contributed by atoms with E-state index in [0.717, 1.165) is 26.4 Å². The molecular formula is C23H19N3O2S2. The van der Waals surface area contributed by atoms with Crippen LogP contribution >= 0.6 is 23.1 Å². The highest BCUT2D eigenvalue weighted by molar-refractivity contribution is 8.00. The van der Waals surface area contributed by atoms with Gasteiger partial charge in [-0.05, 0) is 31.5 Å². The van der Waals surface area contributed by atoms with Crippen LogP contribution < -0.4 is 5.32 Å². The summed E-state index contributed by atoms with van der Waals surface area (Å²) < 4.78 is 0. The van der Waals surface area contributed by atoms with Crippen LogP contribution in [-0.2, 0) is 4.79 Å². The van der Waals surface area contributed by atoms with Crippen LogP contribution in [0.5, 0.6) is 0 Å². The zero-order chi connectivity index (χ0) is 21.1. The van der Waals surface area contributed by atoms with Crippen molar-refractivity contribution in [2.75, 3.05) is 11.1 Å². The Morgan fingerprint density at radius 2 is 1.90 bits per heavy atom. The Bertz CT molecular complexity index is 1230. The Labute approximate surface area is 182 Å². The van der Waals surface area contributed by atoms with Gasteiger partial charge in [-0.25, -0.2) is 9.97 Å². The number of aryl methyl sites for hydroxylation is 1. The number of ketones is 1. The molecule has 0 aliphatic heterocycles. The SMILES string of the molecule is CC(=O)c1cccc(NC(=O)CSc2ncnc3scc(-c4ccc(C)cc4)c23)c1. The number of hydrogen-bond donors (Lipinski definition) is 1. The lowest BCUT2D eigenvalue weighted by molar-refractivity contribution is -0.113. The van der Waals surface area contributed by atoms with E-state index in [0.29, 0.717) is 11.3 Å². The number of nitrogens with one attached hydrogen (secondary N) is 1. The average molecular weight is 434 g/mol. The van der Waals surface area contributed by atoms with Gasteiger partial charge >= 0.3 is 0 Å². The van der Waals surface area contributed by atoms with E-state index in [2.05, 4.69) is 51.9 Å². The molecule has 0 aliphatic rings. The Morgan fingerprint density at radius 1 is 1.10 bits per heavy atom. The number of benzene rings is 2. The number of thiophene rings is 1. The van der Waals surface area contributed by atoms with Gasteiger partial charge in [-0.1, -0.05) is 53.7 Å². The fourth-order valence-corrected chi connectivity index (χ4v) is 4.84. The molecule has 30 heavy (non-hydrogen) atoms. The van der Waals surface area contributed by atoms with Crippen molar-refractivity contribution in [2.24, 2.45) is 0 Å². The van der Waals surface area contributed by atoms with Crippen molar-refractivity contribution in [2.45, 2.75) is 18.9 Å². The second-order valence-corrected chi connectivity index (χ2v) is 8.67. The minimum Gasteiger partial charge on any atom is -0.325 e. The van der Waals surface area contributed by atoms with Crippen LogP contribution in [-0.4, -0.2) is 27.4 Å². The summed E-state index contributed by atoms with van der Waals surface area (Å²) >= 11 is 2.95. The number of carbonyl (C=O) groups excluding carboxylic acids is 2. The molecule has 7 heteroatoms. The van der Waals surface area contributed by atoms with Crippen LogP contribution in [0.1, 0.15) is 22.8 Å². The molecule has 0 radical (unpaired) electrons. The lowest BCUT2D eigenvalue weighted by atomic mass is 10.1. The van der Waals surface area contributed by atoms with Gasteiger partial charge in [-0.2, -0.15) is 0 Å². The maximum atomic E-state index is 12.5.